The van der Waals surface area contributed by atoms with Crippen LogP contribution in [0.25, 0.3) is 0 Å². The zero-order chi connectivity index (χ0) is 13.8. The Morgan fingerprint density at radius 2 is 2.21 bits per heavy atom. The van der Waals surface area contributed by atoms with Crippen molar-refractivity contribution in [3.8, 4) is 5.75 Å². The minimum absolute atomic E-state index is 0.153. The topological polar surface area (TPSA) is 44.5 Å². The van der Waals surface area contributed by atoms with E-state index in [2.05, 4.69) is 35.0 Å². The molecule has 1 aliphatic rings. The van der Waals surface area contributed by atoms with E-state index < -0.39 is 0 Å². The Morgan fingerprint density at radius 1 is 1.42 bits per heavy atom. The Kier molecular flexibility index (Phi) is 5.25. The van der Waals surface area contributed by atoms with Gasteiger partial charge in [-0.2, -0.15) is 0 Å². The summed E-state index contributed by atoms with van der Waals surface area (Å²) in [7, 11) is 1.74. The van der Waals surface area contributed by atoms with Gasteiger partial charge >= 0.3 is 0 Å². The highest BCUT2D eigenvalue weighted by atomic mass is 79.9. The van der Waals surface area contributed by atoms with Gasteiger partial charge in [-0.05, 0) is 49.4 Å². The van der Waals surface area contributed by atoms with Crippen molar-refractivity contribution in [3.05, 3.63) is 27.7 Å². The molecule has 1 heterocycles. The van der Waals surface area contributed by atoms with E-state index >= 15 is 0 Å². The van der Waals surface area contributed by atoms with Crippen LogP contribution >= 0.6 is 15.9 Å². The van der Waals surface area contributed by atoms with Gasteiger partial charge in [-0.15, -0.1) is 0 Å². The second-order valence-corrected chi connectivity index (χ2v) is 6.16. The van der Waals surface area contributed by atoms with Crippen LogP contribution in [0, 0.1) is 0 Å². The van der Waals surface area contributed by atoms with Crippen LogP contribution in [-0.2, 0) is 17.6 Å². The minimum Gasteiger partial charge on any atom is -0.493 e. The smallest absolute Gasteiger partial charge is 0.125 e. The molecule has 1 aromatic carbocycles. The number of nitrogens with two attached hydrogens (primary N) is 1. The first-order valence-electron chi connectivity index (χ1n) is 6.82. The Balaban J connectivity index is 1.99. The molecule has 0 saturated heterocycles. The minimum atomic E-state index is 0.153. The maximum atomic E-state index is 6.23. The summed E-state index contributed by atoms with van der Waals surface area (Å²) in [6, 6.07) is 4.42. The quantitative estimate of drug-likeness (QED) is 0.873. The second-order valence-electron chi connectivity index (χ2n) is 5.24. The average molecular weight is 328 g/mol. The summed E-state index contributed by atoms with van der Waals surface area (Å²) >= 11 is 3.56. The van der Waals surface area contributed by atoms with Gasteiger partial charge in [-0.1, -0.05) is 15.9 Å². The highest BCUT2D eigenvalue weighted by Crippen LogP contribution is 2.33. The molecular formula is C15H22BrNO2. The van der Waals surface area contributed by atoms with Crippen molar-refractivity contribution in [3.63, 3.8) is 0 Å². The van der Waals surface area contributed by atoms with E-state index in [1.165, 1.54) is 11.1 Å². The second kappa shape index (κ2) is 6.73. The predicted octanol–water partition coefficient (Wildman–Crippen LogP) is 3.07. The Hall–Kier alpha value is -0.580. The summed E-state index contributed by atoms with van der Waals surface area (Å²) in [6.45, 7) is 2.86. The molecule has 106 valence electrons. The van der Waals surface area contributed by atoms with Gasteiger partial charge in [0.15, 0.2) is 0 Å². The molecule has 2 unspecified atom stereocenters. The van der Waals surface area contributed by atoms with Crippen LogP contribution < -0.4 is 10.5 Å². The lowest BCUT2D eigenvalue weighted by Crippen LogP contribution is -2.24. The highest BCUT2D eigenvalue weighted by molar-refractivity contribution is 9.10. The first-order valence-corrected chi connectivity index (χ1v) is 7.62. The fourth-order valence-electron chi connectivity index (χ4n) is 2.45. The molecule has 2 N–H and O–H groups in total. The number of ether oxygens (including phenoxy) is 2. The van der Waals surface area contributed by atoms with Crippen LogP contribution in [0.4, 0.5) is 0 Å². The third-order valence-corrected chi connectivity index (χ3v) is 4.11. The summed E-state index contributed by atoms with van der Waals surface area (Å²) in [5.74, 6) is 1.05. The van der Waals surface area contributed by atoms with Crippen LogP contribution in [0.5, 0.6) is 5.75 Å². The number of hydrogen-bond acceptors (Lipinski definition) is 3. The van der Waals surface area contributed by atoms with Crippen molar-refractivity contribution < 1.29 is 9.47 Å². The Labute approximate surface area is 123 Å². The lowest BCUT2D eigenvalue weighted by Gasteiger charge is -2.16. The van der Waals surface area contributed by atoms with E-state index in [1.54, 1.807) is 7.11 Å². The van der Waals surface area contributed by atoms with E-state index in [0.29, 0.717) is 0 Å². The number of fused-ring (bicyclic) bond motifs is 1. The molecule has 3 nitrogen and oxygen atoms in total. The molecule has 0 fully saturated rings. The summed E-state index contributed by atoms with van der Waals surface area (Å²) in [5.41, 5.74) is 8.74. The van der Waals surface area contributed by atoms with Gasteiger partial charge < -0.3 is 15.2 Å². The first-order chi connectivity index (χ1) is 9.10. The SMILES string of the molecule is COC(C)CCC(N)Cc1cc(Br)cc2c1OCC2. The maximum Gasteiger partial charge on any atom is 0.125 e. The molecule has 1 aliphatic heterocycles. The molecular weight excluding hydrogens is 306 g/mol. The van der Waals surface area contributed by atoms with Crippen molar-refractivity contribution in [1.82, 2.24) is 0 Å². The normalized spacial score (nSPS) is 16.8. The van der Waals surface area contributed by atoms with Crippen molar-refractivity contribution in [2.45, 2.75) is 44.8 Å². The zero-order valence-electron chi connectivity index (χ0n) is 11.6. The van der Waals surface area contributed by atoms with Gasteiger partial charge in [0.1, 0.15) is 5.75 Å². The van der Waals surface area contributed by atoms with E-state index in [4.69, 9.17) is 15.2 Å². The molecule has 0 radical (unpaired) electrons. The predicted molar refractivity (Wildman–Crippen MR) is 80.7 cm³/mol. The number of hydrogen-bond donors (Lipinski definition) is 1. The molecule has 0 spiro atoms. The van der Waals surface area contributed by atoms with Crippen LogP contribution in [0.2, 0.25) is 0 Å². The molecule has 2 atom stereocenters. The lowest BCUT2D eigenvalue weighted by atomic mass is 9.98. The van der Waals surface area contributed by atoms with E-state index in [-0.39, 0.29) is 12.1 Å². The largest absolute Gasteiger partial charge is 0.493 e. The van der Waals surface area contributed by atoms with Crippen LogP contribution in [-0.4, -0.2) is 25.9 Å². The number of rotatable bonds is 6. The Bertz CT molecular complexity index is 436. The van der Waals surface area contributed by atoms with Crippen LogP contribution in [0.1, 0.15) is 30.9 Å². The summed E-state index contributed by atoms with van der Waals surface area (Å²) in [4.78, 5) is 0. The van der Waals surface area contributed by atoms with Crippen LogP contribution in [0.15, 0.2) is 16.6 Å². The molecule has 0 aromatic heterocycles. The number of halogens is 1. The molecule has 0 saturated carbocycles. The summed E-state index contributed by atoms with van der Waals surface area (Å²) in [6.07, 6.45) is 4.09. The number of benzene rings is 1. The van der Waals surface area contributed by atoms with Crippen molar-refractivity contribution >= 4 is 15.9 Å². The lowest BCUT2D eigenvalue weighted by molar-refractivity contribution is 0.107. The fourth-order valence-corrected chi connectivity index (χ4v) is 3.00. The number of methoxy groups -OCH3 is 1. The Morgan fingerprint density at radius 3 is 2.95 bits per heavy atom. The van der Waals surface area contributed by atoms with E-state index in [9.17, 15) is 0 Å². The van der Waals surface area contributed by atoms with Gasteiger partial charge in [0, 0.05) is 24.0 Å². The first kappa shape index (κ1) is 14.8. The monoisotopic (exact) mass is 327 g/mol. The maximum absolute atomic E-state index is 6.23. The van der Waals surface area contributed by atoms with Crippen molar-refractivity contribution in [1.29, 1.82) is 0 Å². The van der Waals surface area contributed by atoms with Gasteiger partial charge in [0.25, 0.3) is 0 Å². The summed E-state index contributed by atoms with van der Waals surface area (Å²) < 4.78 is 12.1. The highest BCUT2D eigenvalue weighted by Gasteiger charge is 2.19. The molecule has 0 amide bonds. The van der Waals surface area contributed by atoms with Crippen LogP contribution in [0.3, 0.4) is 0 Å². The molecule has 1 aromatic rings. The standard InChI is InChI=1S/C15H22BrNO2/c1-10(18-2)3-4-14(17)9-12-8-13(16)7-11-5-6-19-15(11)12/h7-8,10,14H,3-6,9,17H2,1-2H3. The van der Waals surface area contributed by atoms with Gasteiger partial charge in [-0.3, -0.25) is 0 Å². The molecule has 2 rings (SSSR count). The third kappa shape index (κ3) is 3.94. The molecule has 19 heavy (non-hydrogen) atoms. The van der Waals surface area contributed by atoms with E-state index in [0.717, 1.165) is 42.5 Å². The molecule has 4 heteroatoms. The molecule has 0 bridgehead atoms. The third-order valence-electron chi connectivity index (χ3n) is 3.65. The molecule has 0 aliphatic carbocycles. The van der Waals surface area contributed by atoms with E-state index in [1.807, 2.05) is 0 Å². The fraction of sp³-hybridized carbons (Fsp3) is 0.600. The average Bonchev–Trinajstić information content (AvgIpc) is 2.84. The zero-order valence-corrected chi connectivity index (χ0v) is 13.2. The van der Waals surface area contributed by atoms with Gasteiger partial charge in [0.2, 0.25) is 0 Å². The van der Waals surface area contributed by atoms with Gasteiger partial charge in [-0.25, -0.2) is 0 Å². The van der Waals surface area contributed by atoms with Gasteiger partial charge in [0.05, 0.1) is 12.7 Å². The summed E-state index contributed by atoms with van der Waals surface area (Å²) in [5, 5.41) is 0. The van der Waals surface area contributed by atoms with Crippen molar-refractivity contribution in [2.24, 2.45) is 5.73 Å². The van der Waals surface area contributed by atoms with Crippen molar-refractivity contribution in [2.75, 3.05) is 13.7 Å².